The number of carbonyl (C=O) groups excluding carboxylic acids is 1. The van der Waals surface area contributed by atoms with Crippen molar-refractivity contribution in [2.24, 2.45) is 11.8 Å². The zero-order valence-electron chi connectivity index (χ0n) is 28.9. The Morgan fingerprint density at radius 2 is 1.70 bits per heavy atom. The number of rotatable bonds is 9. The normalized spacial score (nSPS) is 19.0. The van der Waals surface area contributed by atoms with Crippen molar-refractivity contribution in [3.05, 3.63) is 102 Å². The van der Waals surface area contributed by atoms with Crippen molar-refractivity contribution < 1.29 is 54.2 Å². The van der Waals surface area contributed by atoms with Crippen LogP contribution in [0.4, 0.5) is 19.0 Å². The first-order valence-electron chi connectivity index (χ1n) is 17.7. The van der Waals surface area contributed by atoms with Crippen LogP contribution < -0.4 is 10.6 Å². The molecule has 3 atom stereocenters. The number of halogens is 3. The number of fused-ring (bicyclic) bond motifs is 1. The molecule has 1 aromatic heterocycles. The number of nitrogens with one attached hydrogen (secondary N) is 2. The van der Waals surface area contributed by atoms with Gasteiger partial charge in [0.05, 0.1) is 23.8 Å². The van der Waals surface area contributed by atoms with Crippen LogP contribution in [0.5, 0.6) is 0 Å². The van der Waals surface area contributed by atoms with Crippen molar-refractivity contribution in [2.45, 2.75) is 89.5 Å². The summed E-state index contributed by atoms with van der Waals surface area (Å²) in [5.41, 5.74) is 3.87. The number of pyridine rings is 1. The molecule has 264 valence electrons. The van der Waals surface area contributed by atoms with Crippen LogP contribution in [0.25, 0.3) is 22.0 Å². The Labute approximate surface area is 318 Å². The SMILES string of the molecule is O=[C-]c1cc(NCc2ccc(C(F)(F)F)cc2)nc2ccc(-c3cccc(C4CCNC[C@@H]4O)c3)cc12.[CH2-]C[C@H](C)CC1CCCCCC1.[U+2]. The first-order valence-corrected chi connectivity index (χ1v) is 17.7. The van der Waals surface area contributed by atoms with Crippen LogP contribution in [0.15, 0.2) is 72.8 Å². The van der Waals surface area contributed by atoms with Crippen LogP contribution >= 0.6 is 0 Å². The van der Waals surface area contributed by atoms with Gasteiger partial charge in [-0.25, -0.2) is 0 Å². The summed E-state index contributed by atoms with van der Waals surface area (Å²) in [5.74, 6) is 2.39. The quantitative estimate of drug-likeness (QED) is 0.115. The fourth-order valence-electron chi connectivity index (χ4n) is 7.05. The summed E-state index contributed by atoms with van der Waals surface area (Å²) < 4.78 is 38.4. The minimum atomic E-state index is -4.38. The average Bonchev–Trinajstić information content (AvgIpc) is 3.39. The first-order chi connectivity index (χ1) is 23.6. The Bertz CT molecular complexity index is 1660. The summed E-state index contributed by atoms with van der Waals surface area (Å²) in [7, 11) is 0. The van der Waals surface area contributed by atoms with Crippen molar-refractivity contribution in [1.82, 2.24) is 10.3 Å². The molecule has 0 spiro atoms. The molecule has 0 bridgehead atoms. The number of alkyl halides is 3. The number of aliphatic hydroxyl groups is 1. The smallest absolute Gasteiger partial charge is 0.391 e. The molecule has 1 saturated heterocycles. The van der Waals surface area contributed by atoms with Crippen molar-refractivity contribution in [2.75, 3.05) is 18.4 Å². The molecule has 1 aliphatic carbocycles. The van der Waals surface area contributed by atoms with E-state index in [1.807, 2.05) is 42.7 Å². The topological polar surface area (TPSA) is 74.2 Å². The third kappa shape index (κ3) is 11.1. The second kappa shape index (κ2) is 19.2. The molecule has 50 heavy (non-hydrogen) atoms. The fraction of sp³-hybridized carbons (Fsp3) is 0.439. The molecule has 1 aliphatic heterocycles. The predicted molar refractivity (Wildman–Crippen MR) is 192 cm³/mol. The Kier molecular flexibility index (Phi) is 15.4. The van der Waals surface area contributed by atoms with Crippen molar-refractivity contribution in [3.63, 3.8) is 0 Å². The minimum Gasteiger partial charge on any atom is -0.391 e. The number of aromatic nitrogens is 1. The van der Waals surface area contributed by atoms with Gasteiger partial charge in [0, 0.05) is 24.5 Å². The fourth-order valence-corrected chi connectivity index (χ4v) is 7.05. The molecule has 1 saturated carbocycles. The molecule has 3 aromatic carbocycles. The molecule has 0 radical (unpaired) electrons. The number of anilines is 1. The minimum absolute atomic E-state index is 0. The van der Waals surface area contributed by atoms with E-state index in [0.29, 0.717) is 34.4 Å². The van der Waals surface area contributed by atoms with Crippen LogP contribution in [0.2, 0.25) is 0 Å². The molecule has 9 heteroatoms. The van der Waals surface area contributed by atoms with E-state index in [-0.39, 0.29) is 43.6 Å². The number of benzene rings is 3. The molecule has 2 fully saturated rings. The predicted octanol–water partition coefficient (Wildman–Crippen LogP) is 9.64. The van der Waals surface area contributed by atoms with Crippen molar-refractivity contribution >= 4 is 23.0 Å². The molecular formula is C41H48F3N3O2U. The van der Waals surface area contributed by atoms with Crippen LogP contribution in [-0.2, 0) is 17.5 Å². The molecule has 4 aromatic rings. The molecule has 2 aliphatic rings. The van der Waals surface area contributed by atoms with Gasteiger partial charge >= 0.3 is 37.3 Å². The molecule has 2 heterocycles. The molecule has 5 nitrogen and oxygen atoms in total. The van der Waals surface area contributed by atoms with Crippen LogP contribution in [0, 0.1) is 49.9 Å². The van der Waals surface area contributed by atoms with Crippen LogP contribution in [-0.4, -0.2) is 35.6 Å². The van der Waals surface area contributed by atoms with E-state index in [2.05, 4.69) is 35.5 Å². The summed E-state index contributed by atoms with van der Waals surface area (Å²) >= 11 is 0. The van der Waals surface area contributed by atoms with E-state index in [1.54, 1.807) is 6.07 Å². The van der Waals surface area contributed by atoms with E-state index >= 15 is 0 Å². The van der Waals surface area contributed by atoms with Crippen molar-refractivity contribution in [1.29, 1.82) is 0 Å². The van der Waals surface area contributed by atoms with Gasteiger partial charge in [-0.2, -0.15) is 19.6 Å². The maximum atomic E-state index is 12.8. The molecule has 0 amide bonds. The molecular weight excluding hydrogens is 861 g/mol. The third-order valence-corrected chi connectivity index (χ3v) is 9.97. The molecule has 6 rings (SSSR count). The number of nitrogens with zero attached hydrogens (tertiary/aromatic N) is 1. The van der Waals surface area contributed by atoms with Gasteiger partial charge < -0.3 is 27.5 Å². The van der Waals surface area contributed by atoms with Gasteiger partial charge in [-0.3, -0.25) is 4.98 Å². The summed E-state index contributed by atoms with van der Waals surface area (Å²) in [6.45, 7) is 8.01. The van der Waals surface area contributed by atoms with Crippen molar-refractivity contribution in [3.8, 4) is 11.1 Å². The third-order valence-electron chi connectivity index (χ3n) is 9.97. The van der Waals surface area contributed by atoms with Gasteiger partial charge in [0.1, 0.15) is 0 Å². The van der Waals surface area contributed by atoms with Gasteiger partial charge in [0.15, 0.2) is 0 Å². The number of β-amino-alcohol motifs (C(OH)–C–C–N with tert-alkyl or cyclic N) is 1. The maximum absolute atomic E-state index is 12.8. The average molecular weight is 910 g/mol. The Morgan fingerprint density at radius 3 is 2.36 bits per heavy atom. The van der Waals surface area contributed by atoms with Crippen LogP contribution in [0.1, 0.15) is 92.9 Å². The summed E-state index contributed by atoms with van der Waals surface area (Å²) in [6, 6.07) is 20.2. The van der Waals surface area contributed by atoms with Crippen LogP contribution in [0.3, 0.4) is 0 Å². The number of hydrogen-bond donors (Lipinski definition) is 3. The van der Waals surface area contributed by atoms with Gasteiger partial charge in [0.2, 0.25) is 0 Å². The Morgan fingerprint density at radius 1 is 0.980 bits per heavy atom. The number of hydrogen-bond acceptors (Lipinski definition) is 5. The second-order valence-electron chi connectivity index (χ2n) is 13.7. The van der Waals surface area contributed by atoms with Gasteiger partial charge in [0.25, 0.3) is 0 Å². The van der Waals surface area contributed by atoms with E-state index in [9.17, 15) is 23.1 Å². The number of piperidine rings is 1. The van der Waals surface area contributed by atoms with E-state index in [1.165, 1.54) is 57.1 Å². The molecule has 3 N–H and O–H groups in total. The van der Waals surface area contributed by atoms with Gasteiger partial charge in [-0.05, 0) is 59.3 Å². The standard InChI is InChI=1S/C29H25F3N3O2.C12H23.U/c30-29(31,32)23-7-4-18(5-8-23)15-34-28-14-22(17-36)25-13-20(6-9-26(25)35-28)19-2-1-3-21(12-19)24-10-11-33-16-27(24)37;1-3-11(2)10-12-8-6-4-5-7-9-12;/h1-9,12-14,24,27,33,37H,10-11,15-16H2,(H,34,35);11-12H,1,3-10H2,2H3;/q2*-1;+2/t24?,27-;11-;/m00./s1. The zero-order valence-corrected chi connectivity index (χ0v) is 33.0. The maximum Gasteiger partial charge on any atom is 2.00 e. The Hall–Kier alpha value is -2.70. The molecule has 1 unspecified atom stereocenters. The second-order valence-corrected chi connectivity index (χ2v) is 13.7. The summed E-state index contributed by atoms with van der Waals surface area (Å²) in [5, 5.41) is 17.4. The van der Waals surface area contributed by atoms with E-state index in [0.717, 1.165) is 60.0 Å². The van der Waals surface area contributed by atoms with E-state index < -0.39 is 17.8 Å². The monoisotopic (exact) mass is 909 g/mol. The largest absolute Gasteiger partial charge is 2.00 e. The summed E-state index contributed by atoms with van der Waals surface area (Å²) in [6.07, 6.45) is 9.49. The zero-order chi connectivity index (χ0) is 34.8. The first kappa shape index (κ1) is 40.1. The van der Waals surface area contributed by atoms with Gasteiger partial charge in [-0.1, -0.05) is 106 Å². The van der Waals surface area contributed by atoms with E-state index in [4.69, 9.17) is 0 Å². The Balaban J connectivity index is 0.000000368. The van der Waals surface area contributed by atoms with Gasteiger partial charge in [-0.15, -0.1) is 17.7 Å². The number of aliphatic hydroxyl groups excluding tert-OH is 1. The summed E-state index contributed by atoms with van der Waals surface area (Å²) in [4.78, 5) is 16.4.